The number of benzene rings is 2. The predicted molar refractivity (Wildman–Crippen MR) is 214 cm³/mol. The number of rotatable bonds is 17. The van der Waals surface area contributed by atoms with Gasteiger partial charge in [0.25, 0.3) is 5.91 Å². The van der Waals surface area contributed by atoms with Gasteiger partial charge in [-0.2, -0.15) is 0 Å². The highest BCUT2D eigenvalue weighted by Gasteiger charge is 2.41. The molecule has 14 nitrogen and oxygen atoms in total. The molecule has 4 aromatic rings. The Labute approximate surface area is 333 Å². The van der Waals surface area contributed by atoms with Crippen molar-refractivity contribution in [3.8, 4) is 11.3 Å². The van der Waals surface area contributed by atoms with E-state index in [2.05, 4.69) is 26.0 Å². The minimum atomic E-state index is -1.19. The van der Waals surface area contributed by atoms with Gasteiger partial charge in [-0.3, -0.25) is 25.0 Å². The van der Waals surface area contributed by atoms with Crippen molar-refractivity contribution in [3.05, 3.63) is 120 Å². The molecule has 2 saturated heterocycles. The molecule has 2 aromatic heterocycles. The lowest BCUT2D eigenvalue weighted by molar-refractivity contribution is -0.131. The second-order valence-electron chi connectivity index (χ2n) is 14.9. The van der Waals surface area contributed by atoms with Gasteiger partial charge in [0.15, 0.2) is 0 Å². The van der Waals surface area contributed by atoms with E-state index < -0.39 is 42.3 Å². The number of nitrogens with one attached hydrogen (secondary N) is 3. The molecular formula is C43H52N8O6. The number of aromatic nitrogens is 2. The molecule has 0 spiro atoms. The van der Waals surface area contributed by atoms with E-state index in [-0.39, 0.29) is 37.4 Å². The van der Waals surface area contributed by atoms with E-state index in [9.17, 15) is 24.3 Å². The molecule has 2 fully saturated rings. The number of amides is 5. The SMILES string of the molecule is CC[C@H](C)[C@@H](C(=O)N[C@@H](Cc1ccccc1)[C@@H](O)CN(Cc1ccc(-c2ccccn2)cc1)NC(=O)[C@H]1NC(=O)O[C@@H]1C)N1CCN(Cc2cccc(C)n2)C1=O. The van der Waals surface area contributed by atoms with Gasteiger partial charge in [-0.05, 0) is 61.6 Å². The summed E-state index contributed by atoms with van der Waals surface area (Å²) in [7, 11) is 0. The first-order valence-corrected chi connectivity index (χ1v) is 19.5. The van der Waals surface area contributed by atoms with Gasteiger partial charge in [0.05, 0.1) is 30.1 Å². The summed E-state index contributed by atoms with van der Waals surface area (Å²) in [4.78, 5) is 66.1. The number of hydrazine groups is 1. The molecule has 4 N–H and O–H groups in total. The van der Waals surface area contributed by atoms with Gasteiger partial charge in [-0.15, -0.1) is 0 Å². The number of hydrogen-bond donors (Lipinski definition) is 4. The first-order valence-electron chi connectivity index (χ1n) is 19.5. The molecule has 4 heterocycles. The standard InChI is InChI=1S/C43H52N8O6/c1-5-28(2)39(51-23-22-49(43(51)56)26-34-15-11-12-29(3)45-34)41(54)46-36(24-31-13-7-6-8-14-31)37(52)27-50(48-40(53)38-30(4)57-42(55)47-38)25-32-17-19-33(20-18-32)35-16-9-10-21-44-35/h6-21,28,30,36-39,52H,5,22-27H2,1-4H3,(H,46,54)(H,47,55)(H,48,53)/t28-,30+,36-,37-,38-,39-/m0/s1. The van der Waals surface area contributed by atoms with Crippen LogP contribution in [0.2, 0.25) is 0 Å². The highest BCUT2D eigenvalue weighted by atomic mass is 16.6. The number of carbonyl (C=O) groups is 4. The lowest BCUT2D eigenvalue weighted by Crippen LogP contribution is -2.59. The van der Waals surface area contributed by atoms with Crippen molar-refractivity contribution in [1.82, 2.24) is 40.8 Å². The quantitative estimate of drug-likeness (QED) is 0.115. The summed E-state index contributed by atoms with van der Waals surface area (Å²) in [5, 5.41) is 19.3. The number of alkyl carbamates (subject to hydrolysis) is 1. The molecule has 57 heavy (non-hydrogen) atoms. The molecular weight excluding hydrogens is 725 g/mol. The highest BCUT2D eigenvalue weighted by molar-refractivity contribution is 5.89. The topological polar surface area (TPSA) is 169 Å². The molecule has 0 radical (unpaired) electrons. The molecule has 6 rings (SSSR count). The molecule has 300 valence electrons. The molecule has 0 aliphatic carbocycles. The number of aliphatic hydroxyl groups is 1. The number of carbonyl (C=O) groups excluding carboxylic acids is 4. The van der Waals surface area contributed by atoms with Crippen LogP contribution in [0.3, 0.4) is 0 Å². The summed E-state index contributed by atoms with van der Waals surface area (Å²) >= 11 is 0. The van der Waals surface area contributed by atoms with E-state index in [1.165, 1.54) is 0 Å². The van der Waals surface area contributed by atoms with Crippen LogP contribution in [0.1, 0.15) is 49.7 Å². The highest BCUT2D eigenvalue weighted by Crippen LogP contribution is 2.24. The number of ether oxygens (including phenoxy) is 1. The molecule has 2 aliphatic rings. The molecule has 2 aliphatic heterocycles. The molecule has 14 heteroatoms. The number of cyclic esters (lactones) is 1. The van der Waals surface area contributed by atoms with Crippen molar-refractivity contribution in [2.45, 2.75) is 84.0 Å². The van der Waals surface area contributed by atoms with Crippen LogP contribution in [0.5, 0.6) is 0 Å². The zero-order valence-corrected chi connectivity index (χ0v) is 32.9. The van der Waals surface area contributed by atoms with Gasteiger partial charge in [0.1, 0.15) is 18.2 Å². The molecule has 0 bridgehead atoms. The largest absolute Gasteiger partial charge is 0.444 e. The summed E-state index contributed by atoms with van der Waals surface area (Å²) in [5.74, 6) is -1.06. The minimum Gasteiger partial charge on any atom is -0.444 e. The Balaban J connectivity index is 1.22. The third kappa shape index (κ3) is 10.5. The summed E-state index contributed by atoms with van der Waals surface area (Å²) in [6, 6.07) is 25.9. The number of hydrogen-bond acceptors (Lipinski definition) is 9. The molecule has 0 saturated carbocycles. The van der Waals surface area contributed by atoms with E-state index in [0.29, 0.717) is 26.1 Å². The summed E-state index contributed by atoms with van der Waals surface area (Å²) in [5.41, 5.74) is 7.98. The average Bonchev–Trinajstić information content (AvgIpc) is 3.74. The Kier molecular flexibility index (Phi) is 13.5. The van der Waals surface area contributed by atoms with Gasteiger partial charge in [0.2, 0.25) is 5.91 Å². The molecule has 6 atom stereocenters. The lowest BCUT2D eigenvalue weighted by Gasteiger charge is -2.35. The van der Waals surface area contributed by atoms with Crippen LogP contribution in [0, 0.1) is 12.8 Å². The van der Waals surface area contributed by atoms with Crippen LogP contribution < -0.4 is 16.1 Å². The maximum absolute atomic E-state index is 14.4. The fourth-order valence-electron chi connectivity index (χ4n) is 7.30. The fourth-order valence-corrected chi connectivity index (χ4v) is 7.30. The summed E-state index contributed by atoms with van der Waals surface area (Å²) in [6.07, 6.45) is 0.0709. The van der Waals surface area contributed by atoms with E-state index in [4.69, 9.17) is 4.74 Å². The number of aliphatic hydroxyl groups excluding tert-OH is 1. The Bertz CT molecular complexity index is 1980. The second-order valence-corrected chi connectivity index (χ2v) is 14.9. The summed E-state index contributed by atoms with van der Waals surface area (Å²) in [6.45, 7) is 8.73. The van der Waals surface area contributed by atoms with E-state index in [0.717, 1.165) is 33.8 Å². The van der Waals surface area contributed by atoms with Crippen LogP contribution in [0.15, 0.2) is 97.2 Å². The van der Waals surface area contributed by atoms with Gasteiger partial charge < -0.3 is 30.3 Å². The first-order chi connectivity index (χ1) is 27.5. The zero-order chi connectivity index (χ0) is 40.5. The average molecular weight is 777 g/mol. The monoisotopic (exact) mass is 776 g/mol. The number of nitrogens with zero attached hydrogens (tertiary/aromatic N) is 5. The van der Waals surface area contributed by atoms with Crippen molar-refractivity contribution in [3.63, 3.8) is 0 Å². The maximum Gasteiger partial charge on any atom is 0.408 e. The van der Waals surface area contributed by atoms with Gasteiger partial charge in [0, 0.05) is 43.6 Å². The number of aryl methyl sites for hydroxylation is 1. The van der Waals surface area contributed by atoms with Crippen LogP contribution in [-0.2, 0) is 33.8 Å². The molecule has 2 aromatic carbocycles. The van der Waals surface area contributed by atoms with Crippen molar-refractivity contribution in [1.29, 1.82) is 0 Å². The minimum absolute atomic E-state index is 0.0880. The normalized spacial score (nSPS) is 18.8. The van der Waals surface area contributed by atoms with Crippen LogP contribution in [0.4, 0.5) is 9.59 Å². The Morgan fingerprint density at radius 1 is 0.982 bits per heavy atom. The van der Waals surface area contributed by atoms with Crippen molar-refractivity contribution < 1.29 is 29.0 Å². The first kappa shape index (κ1) is 40.8. The smallest absolute Gasteiger partial charge is 0.408 e. The predicted octanol–water partition coefficient (Wildman–Crippen LogP) is 4.22. The zero-order valence-electron chi connectivity index (χ0n) is 32.9. The van der Waals surface area contributed by atoms with E-state index in [1.807, 2.05) is 112 Å². The van der Waals surface area contributed by atoms with Crippen LogP contribution in [-0.4, -0.2) is 104 Å². The fraction of sp³-hybridized carbons (Fsp3) is 0.395. The van der Waals surface area contributed by atoms with Gasteiger partial charge in [-0.1, -0.05) is 87.0 Å². The molecule has 0 unspecified atom stereocenters. The second kappa shape index (κ2) is 18.9. The third-order valence-electron chi connectivity index (χ3n) is 10.6. The van der Waals surface area contributed by atoms with Gasteiger partial charge >= 0.3 is 12.1 Å². The van der Waals surface area contributed by atoms with Crippen molar-refractivity contribution >= 4 is 23.9 Å². The van der Waals surface area contributed by atoms with E-state index in [1.54, 1.807) is 27.9 Å². The van der Waals surface area contributed by atoms with E-state index >= 15 is 0 Å². The molecule has 5 amide bonds. The maximum atomic E-state index is 14.4. The van der Waals surface area contributed by atoms with Crippen LogP contribution in [0.25, 0.3) is 11.3 Å². The Hall–Kier alpha value is -5.86. The Morgan fingerprint density at radius 2 is 1.74 bits per heavy atom. The Morgan fingerprint density at radius 3 is 2.40 bits per heavy atom. The number of pyridine rings is 2. The number of urea groups is 1. The van der Waals surface area contributed by atoms with Crippen molar-refractivity contribution in [2.24, 2.45) is 5.92 Å². The van der Waals surface area contributed by atoms with Crippen LogP contribution >= 0.6 is 0 Å². The lowest BCUT2D eigenvalue weighted by atomic mass is 9.95. The van der Waals surface area contributed by atoms with Gasteiger partial charge in [-0.25, -0.2) is 14.6 Å². The summed E-state index contributed by atoms with van der Waals surface area (Å²) < 4.78 is 5.15. The third-order valence-corrected chi connectivity index (χ3v) is 10.6. The van der Waals surface area contributed by atoms with Crippen molar-refractivity contribution in [2.75, 3.05) is 19.6 Å².